The maximum absolute atomic E-state index is 13.4. The van der Waals surface area contributed by atoms with Crippen LogP contribution in [0.3, 0.4) is 0 Å². The number of amides is 1. The van der Waals surface area contributed by atoms with E-state index in [1.54, 1.807) is 0 Å². The van der Waals surface area contributed by atoms with Gasteiger partial charge in [0.2, 0.25) is 0 Å². The Morgan fingerprint density at radius 2 is 1.80 bits per heavy atom. The molecular weight excluding hydrogens is 293 g/mol. The molecule has 0 radical (unpaired) electrons. The van der Waals surface area contributed by atoms with Crippen molar-refractivity contribution in [2.24, 2.45) is 0 Å². The van der Waals surface area contributed by atoms with E-state index in [4.69, 9.17) is 17.3 Å². The molecule has 0 heterocycles. The van der Waals surface area contributed by atoms with Gasteiger partial charge in [-0.05, 0) is 30.3 Å². The van der Waals surface area contributed by atoms with Crippen LogP contribution in [0.1, 0.15) is 10.4 Å². The molecule has 2 aromatic rings. The maximum atomic E-state index is 13.4. The molecule has 0 spiro atoms. The predicted octanol–water partition coefficient (Wildman–Crippen LogP) is 3.59. The van der Waals surface area contributed by atoms with E-state index in [9.17, 15) is 18.0 Å². The van der Waals surface area contributed by atoms with Gasteiger partial charge in [-0.3, -0.25) is 4.79 Å². The first-order valence-electron chi connectivity index (χ1n) is 5.39. The monoisotopic (exact) mass is 300 g/mol. The number of nitrogen functional groups attached to an aromatic ring is 1. The third-order valence-corrected chi connectivity index (χ3v) is 2.68. The summed E-state index contributed by atoms with van der Waals surface area (Å²) >= 11 is 5.73. The van der Waals surface area contributed by atoms with Crippen molar-refractivity contribution in [3.8, 4) is 0 Å². The molecule has 0 aliphatic rings. The van der Waals surface area contributed by atoms with Gasteiger partial charge in [0.1, 0.15) is 0 Å². The Morgan fingerprint density at radius 1 is 1.10 bits per heavy atom. The van der Waals surface area contributed by atoms with Crippen LogP contribution in [0.2, 0.25) is 5.02 Å². The highest BCUT2D eigenvalue weighted by atomic mass is 35.5. The lowest BCUT2D eigenvalue weighted by atomic mass is 10.2. The average molecular weight is 301 g/mol. The van der Waals surface area contributed by atoms with Gasteiger partial charge in [0.25, 0.3) is 5.91 Å². The van der Waals surface area contributed by atoms with Gasteiger partial charge in [0, 0.05) is 16.3 Å². The van der Waals surface area contributed by atoms with Crippen LogP contribution in [0.15, 0.2) is 30.3 Å². The molecule has 0 unspecified atom stereocenters. The van der Waals surface area contributed by atoms with Gasteiger partial charge in [-0.2, -0.15) is 0 Å². The fourth-order valence-corrected chi connectivity index (χ4v) is 1.80. The maximum Gasteiger partial charge on any atom is 0.255 e. The third kappa shape index (κ3) is 2.85. The van der Waals surface area contributed by atoms with Crippen LogP contribution in [0.5, 0.6) is 0 Å². The minimum absolute atomic E-state index is 0.0686. The smallest absolute Gasteiger partial charge is 0.255 e. The van der Waals surface area contributed by atoms with E-state index >= 15 is 0 Å². The van der Waals surface area contributed by atoms with E-state index < -0.39 is 29.0 Å². The summed E-state index contributed by atoms with van der Waals surface area (Å²) in [5, 5.41) is 2.34. The van der Waals surface area contributed by atoms with E-state index in [-0.39, 0.29) is 16.3 Å². The summed E-state index contributed by atoms with van der Waals surface area (Å²) in [6, 6.07) is 5.68. The fraction of sp³-hybridized carbons (Fsp3) is 0. The Hall–Kier alpha value is -2.21. The van der Waals surface area contributed by atoms with Crippen LogP contribution in [-0.2, 0) is 0 Å². The molecule has 104 valence electrons. The van der Waals surface area contributed by atoms with Gasteiger partial charge < -0.3 is 11.1 Å². The second-order valence-corrected chi connectivity index (χ2v) is 4.39. The second kappa shape index (κ2) is 5.42. The summed E-state index contributed by atoms with van der Waals surface area (Å²) < 4.78 is 39.2. The molecule has 3 nitrogen and oxygen atoms in total. The van der Waals surface area contributed by atoms with E-state index in [1.165, 1.54) is 18.2 Å². The first-order valence-corrected chi connectivity index (χ1v) is 5.77. The van der Waals surface area contributed by atoms with Gasteiger partial charge >= 0.3 is 0 Å². The number of nitrogens with two attached hydrogens (primary N) is 1. The molecule has 20 heavy (non-hydrogen) atoms. The molecule has 0 atom stereocenters. The average Bonchev–Trinajstić information content (AvgIpc) is 2.38. The number of carbonyl (C=O) groups excluding carboxylic acids is 1. The predicted molar refractivity (Wildman–Crippen MR) is 70.1 cm³/mol. The molecule has 0 aliphatic carbocycles. The fourth-order valence-electron chi connectivity index (χ4n) is 1.56. The highest BCUT2D eigenvalue weighted by molar-refractivity contribution is 6.31. The molecule has 2 aromatic carbocycles. The molecule has 0 aliphatic heterocycles. The number of halogens is 4. The molecule has 7 heteroatoms. The van der Waals surface area contributed by atoms with Crippen molar-refractivity contribution in [2.75, 3.05) is 11.1 Å². The summed E-state index contributed by atoms with van der Waals surface area (Å²) in [7, 11) is 0. The summed E-state index contributed by atoms with van der Waals surface area (Å²) in [6.07, 6.45) is 0. The highest BCUT2D eigenvalue weighted by Gasteiger charge is 2.16. The summed E-state index contributed by atoms with van der Waals surface area (Å²) in [4.78, 5) is 11.9. The first-order chi connectivity index (χ1) is 9.38. The molecule has 0 bridgehead atoms. The van der Waals surface area contributed by atoms with Gasteiger partial charge in [-0.25, -0.2) is 13.2 Å². The molecule has 1 amide bonds. The number of rotatable bonds is 2. The van der Waals surface area contributed by atoms with Crippen LogP contribution < -0.4 is 11.1 Å². The Labute approximate surface area is 117 Å². The van der Waals surface area contributed by atoms with Crippen molar-refractivity contribution in [2.45, 2.75) is 0 Å². The van der Waals surface area contributed by atoms with Crippen molar-refractivity contribution < 1.29 is 18.0 Å². The topological polar surface area (TPSA) is 55.1 Å². The number of anilines is 2. The Balaban J connectivity index is 2.30. The zero-order chi connectivity index (χ0) is 14.9. The number of hydrogen-bond acceptors (Lipinski definition) is 2. The van der Waals surface area contributed by atoms with E-state index in [0.717, 1.165) is 6.07 Å². The third-order valence-electron chi connectivity index (χ3n) is 2.47. The molecule has 3 N–H and O–H groups in total. The van der Waals surface area contributed by atoms with Gasteiger partial charge in [0.15, 0.2) is 17.5 Å². The Bertz CT molecular complexity index is 671. The van der Waals surface area contributed by atoms with Crippen LogP contribution in [0, 0.1) is 17.5 Å². The van der Waals surface area contributed by atoms with Crippen molar-refractivity contribution in [3.05, 3.63) is 58.4 Å². The minimum Gasteiger partial charge on any atom is -0.399 e. The summed E-state index contributed by atoms with van der Waals surface area (Å²) in [5.74, 6) is -5.22. The zero-order valence-electron chi connectivity index (χ0n) is 9.88. The van der Waals surface area contributed by atoms with E-state index in [2.05, 4.69) is 5.32 Å². The van der Waals surface area contributed by atoms with Gasteiger partial charge in [-0.1, -0.05) is 11.6 Å². The zero-order valence-corrected chi connectivity index (χ0v) is 10.6. The number of carbonyl (C=O) groups is 1. The lowest BCUT2D eigenvalue weighted by molar-refractivity contribution is 0.102. The summed E-state index contributed by atoms with van der Waals surface area (Å²) in [6.45, 7) is 0. The largest absolute Gasteiger partial charge is 0.399 e. The SMILES string of the molecule is Nc1cc(Cl)cc(C(=O)Nc2ccc(F)c(F)c2F)c1. The quantitative estimate of drug-likeness (QED) is 0.658. The Morgan fingerprint density at radius 3 is 2.45 bits per heavy atom. The summed E-state index contributed by atoms with van der Waals surface area (Å²) in [5.41, 5.74) is 5.35. The highest BCUT2D eigenvalue weighted by Crippen LogP contribution is 2.22. The van der Waals surface area contributed by atoms with Crippen LogP contribution in [-0.4, -0.2) is 5.91 Å². The molecular formula is C13H8ClF3N2O. The van der Waals surface area contributed by atoms with Crippen molar-refractivity contribution >= 4 is 28.9 Å². The molecule has 2 rings (SSSR count). The lowest BCUT2D eigenvalue weighted by Crippen LogP contribution is -2.14. The second-order valence-electron chi connectivity index (χ2n) is 3.95. The number of nitrogens with one attached hydrogen (secondary N) is 1. The van der Waals surface area contributed by atoms with Gasteiger partial charge in [0.05, 0.1) is 5.69 Å². The van der Waals surface area contributed by atoms with Crippen LogP contribution >= 0.6 is 11.6 Å². The normalized spacial score (nSPS) is 10.4. The van der Waals surface area contributed by atoms with Crippen molar-refractivity contribution in [1.82, 2.24) is 0 Å². The van der Waals surface area contributed by atoms with E-state index in [1.807, 2.05) is 0 Å². The van der Waals surface area contributed by atoms with Crippen molar-refractivity contribution in [1.29, 1.82) is 0 Å². The molecule has 0 saturated carbocycles. The van der Waals surface area contributed by atoms with Crippen molar-refractivity contribution in [3.63, 3.8) is 0 Å². The van der Waals surface area contributed by atoms with Crippen LogP contribution in [0.25, 0.3) is 0 Å². The lowest BCUT2D eigenvalue weighted by Gasteiger charge is -2.08. The molecule has 0 fully saturated rings. The van der Waals surface area contributed by atoms with E-state index in [0.29, 0.717) is 6.07 Å². The first kappa shape index (κ1) is 14.2. The molecule has 0 saturated heterocycles. The van der Waals surface area contributed by atoms with Crippen LogP contribution in [0.4, 0.5) is 24.5 Å². The number of hydrogen-bond donors (Lipinski definition) is 2. The number of benzene rings is 2. The molecule has 0 aromatic heterocycles. The Kier molecular flexibility index (Phi) is 3.85. The standard InChI is InChI=1S/C13H8ClF3N2O/c14-7-3-6(4-8(18)5-7)13(20)19-10-2-1-9(15)11(16)12(10)17/h1-5H,18H2,(H,19,20). The van der Waals surface area contributed by atoms with Gasteiger partial charge in [-0.15, -0.1) is 0 Å². The minimum atomic E-state index is -1.66.